The van der Waals surface area contributed by atoms with E-state index in [9.17, 15) is 0 Å². The van der Waals surface area contributed by atoms with Gasteiger partial charge in [0.2, 0.25) is 5.13 Å². The molecule has 4 nitrogen and oxygen atoms in total. The second-order valence-corrected chi connectivity index (χ2v) is 6.01. The zero-order chi connectivity index (χ0) is 11.8. The van der Waals surface area contributed by atoms with Crippen molar-refractivity contribution in [2.24, 2.45) is 0 Å². The smallest absolute Gasteiger partial charge is 0.205 e. The van der Waals surface area contributed by atoms with E-state index >= 15 is 0 Å². The van der Waals surface area contributed by atoms with Gasteiger partial charge in [0.1, 0.15) is 5.82 Å². The van der Waals surface area contributed by atoms with Crippen molar-refractivity contribution >= 4 is 16.7 Å². The van der Waals surface area contributed by atoms with Gasteiger partial charge in [-0.05, 0) is 6.42 Å². The summed E-state index contributed by atoms with van der Waals surface area (Å²) in [4.78, 5) is 6.80. The predicted molar refractivity (Wildman–Crippen MR) is 66.2 cm³/mol. The maximum absolute atomic E-state index is 5.39. The normalized spacial score (nSPS) is 21.4. The Morgan fingerprint density at radius 1 is 1.44 bits per heavy atom. The van der Waals surface area contributed by atoms with E-state index in [-0.39, 0.29) is 5.41 Å². The Balaban J connectivity index is 2.12. The number of hydrogen-bond donors (Lipinski definition) is 0. The Labute approximate surface area is 101 Å². The van der Waals surface area contributed by atoms with Crippen LogP contribution in [0, 0.1) is 0 Å². The molecule has 1 aliphatic heterocycles. The summed E-state index contributed by atoms with van der Waals surface area (Å²) < 4.78 is 9.82. The first kappa shape index (κ1) is 11.8. The Hall–Kier alpha value is -0.680. The van der Waals surface area contributed by atoms with Gasteiger partial charge in [0, 0.05) is 30.6 Å². The first-order valence-corrected chi connectivity index (χ1v) is 6.40. The van der Waals surface area contributed by atoms with E-state index in [4.69, 9.17) is 4.74 Å². The van der Waals surface area contributed by atoms with Gasteiger partial charge in [0.05, 0.1) is 12.6 Å². The summed E-state index contributed by atoms with van der Waals surface area (Å²) in [6.45, 7) is 8.08. The Morgan fingerprint density at radius 3 is 2.69 bits per heavy atom. The number of likely N-dealkylation sites (N-methyl/N-ethyl adjacent to an activating group) is 1. The van der Waals surface area contributed by atoms with E-state index in [0.29, 0.717) is 6.04 Å². The second-order valence-electron chi connectivity index (χ2n) is 5.28. The molecule has 1 fully saturated rings. The van der Waals surface area contributed by atoms with Crippen molar-refractivity contribution in [3.8, 4) is 0 Å². The highest BCUT2D eigenvalue weighted by atomic mass is 32.1. The van der Waals surface area contributed by atoms with Crippen LogP contribution in [0.25, 0.3) is 0 Å². The Kier molecular flexibility index (Phi) is 3.17. The summed E-state index contributed by atoms with van der Waals surface area (Å²) in [5.41, 5.74) is 0.0295. The topological polar surface area (TPSA) is 38.2 Å². The average molecular weight is 241 g/mol. The summed E-state index contributed by atoms with van der Waals surface area (Å²) in [6.07, 6.45) is 1.08. The average Bonchev–Trinajstić information content (AvgIpc) is 2.87. The molecule has 0 N–H and O–H groups in total. The molecule has 1 atom stereocenters. The number of ether oxygens (including phenoxy) is 1. The quantitative estimate of drug-likeness (QED) is 0.794. The van der Waals surface area contributed by atoms with Crippen LogP contribution < -0.4 is 4.90 Å². The molecule has 0 spiro atoms. The van der Waals surface area contributed by atoms with Gasteiger partial charge in [-0.1, -0.05) is 20.8 Å². The van der Waals surface area contributed by atoms with Crippen molar-refractivity contribution in [2.75, 3.05) is 25.2 Å². The summed E-state index contributed by atoms with van der Waals surface area (Å²) in [7, 11) is 2.08. The van der Waals surface area contributed by atoms with Gasteiger partial charge >= 0.3 is 0 Å². The SMILES string of the molecule is CN(c1nc(C(C)(C)C)ns1)C1CCOC1. The van der Waals surface area contributed by atoms with E-state index < -0.39 is 0 Å². The van der Waals surface area contributed by atoms with Crippen molar-refractivity contribution in [1.29, 1.82) is 0 Å². The summed E-state index contributed by atoms with van der Waals surface area (Å²) in [5, 5.41) is 1.00. The first-order chi connectivity index (χ1) is 7.48. The van der Waals surface area contributed by atoms with Crippen LogP contribution in [0.4, 0.5) is 5.13 Å². The molecule has 1 aliphatic rings. The molecule has 2 heterocycles. The minimum atomic E-state index is 0.0295. The van der Waals surface area contributed by atoms with Gasteiger partial charge in [-0.2, -0.15) is 4.37 Å². The van der Waals surface area contributed by atoms with Crippen molar-refractivity contribution in [3.05, 3.63) is 5.82 Å². The van der Waals surface area contributed by atoms with Crippen LogP contribution in [-0.4, -0.2) is 35.7 Å². The van der Waals surface area contributed by atoms with Crippen LogP contribution in [0.2, 0.25) is 0 Å². The fraction of sp³-hybridized carbons (Fsp3) is 0.818. The molecular formula is C11H19N3OS. The fourth-order valence-corrected chi connectivity index (χ4v) is 2.54. The highest BCUT2D eigenvalue weighted by molar-refractivity contribution is 7.09. The molecule has 0 amide bonds. The molecule has 90 valence electrons. The molecule has 1 unspecified atom stereocenters. The van der Waals surface area contributed by atoms with Gasteiger partial charge < -0.3 is 9.64 Å². The lowest BCUT2D eigenvalue weighted by molar-refractivity contribution is 0.193. The molecule has 1 aromatic rings. The largest absolute Gasteiger partial charge is 0.379 e. The lowest BCUT2D eigenvalue weighted by atomic mass is 9.96. The second kappa shape index (κ2) is 4.30. The number of nitrogens with zero attached hydrogens (tertiary/aromatic N) is 3. The van der Waals surface area contributed by atoms with Gasteiger partial charge in [0.25, 0.3) is 0 Å². The van der Waals surface area contributed by atoms with Crippen LogP contribution in [0.3, 0.4) is 0 Å². The molecule has 0 saturated carbocycles. The van der Waals surface area contributed by atoms with E-state index in [2.05, 4.69) is 42.1 Å². The van der Waals surface area contributed by atoms with E-state index in [1.807, 2.05) is 0 Å². The zero-order valence-electron chi connectivity index (χ0n) is 10.4. The first-order valence-electron chi connectivity index (χ1n) is 5.63. The molecule has 0 bridgehead atoms. The minimum absolute atomic E-state index is 0.0295. The third kappa shape index (κ3) is 2.35. The third-order valence-corrected chi connectivity index (χ3v) is 3.65. The lowest BCUT2D eigenvalue weighted by Crippen LogP contribution is -2.31. The summed E-state index contributed by atoms with van der Waals surface area (Å²) >= 11 is 1.48. The zero-order valence-corrected chi connectivity index (χ0v) is 11.2. The molecule has 1 aromatic heterocycles. The van der Waals surface area contributed by atoms with Crippen molar-refractivity contribution in [3.63, 3.8) is 0 Å². The van der Waals surface area contributed by atoms with Gasteiger partial charge in [-0.25, -0.2) is 4.98 Å². The monoisotopic (exact) mass is 241 g/mol. The molecule has 0 aromatic carbocycles. The Bertz CT molecular complexity index is 352. The van der Waals surface area contributed by atoms with Crippen LogP contribution in [0.1, 0.15) is 33.0 Å². The van der Waals surface area contributed by atoms with Gasteiger partial charge in [-0.3, -0.25) is 0 Å². The van der Waals surface area contributed by atoms with Crippen LogP contribution in [0.15, 0.2) is 0 Å². The van der Waals surface area contributed by atoms with E-state index in [1.54, 1.807) is 0 Å². The molecule has 2 rings (SSSR count). The minimum Gasteiger partial charge on any atom is -0.379 e. The van der Waals surface area contributed by atoms with Crippen LogP contribution >= 0.6 is 11.5 Å². The molecular weight excluding hydrogens is 222 g/mol. The Morgan fingerprint density at radius 2 is 2.19 bits per heavy atom. The molecule has 1 saturated heterocycles. The highest BCUT2D eigenvalue weighted by Gasteiger charge is 2.25. The van der Waals surface area contributed by atoms with Crippen molar-refractivity contribution in [2.45, 2.75) is 38.6 Å². The number of hydrogen-bond acceptors (Lipinski definition) is 5. The lowest BCUT2D eigenvalue weighted by Gasteiger charge is -2.21. The standard InChI is InChI=1S/C11H19N3OS/c1-11(2,3)9-12-10(16-13-9)14(4)8-5-6-15-7-8/h8H,5-7H2,1-4H3. The maximum atomic E-state index is 5.39. The molecule has 0 radical (unpaired) electrons. The predicted octanol–water partition coefficient (Wildman–Crippen LogP) is 2.06. The third-order valence-electron chi connectivity index (χ3n) is 2.84. The number of anilines is 1. The number of rotatable bonds is 2. The highest BCUT2D eigenvalue weighted by Crippen LogP contribution is 2.27. The van der Waals surface area contributed by atoms with Crippen LogP contribution in [0.5, 0.6) is 0 Å². The number of aromatic nitrogens is 2. The van der Waals surface area contributed by atoms with Crippen LogP contribution in [-0.2, 0) is 10.2 Å². The van der Waals surface area contributed by atoms with Gasteiger partial charge in [0.15, 0.2) is 0 Å². The van der Waals surface area contributed by atoms with Crippen molar-refractivity contribution < 1.29 is 4.74 Å². The molecule has 5 heteroatoms. The van der Waals surface area contributed by atoms with Crippen molar-refractivity contribution in [1.82, 2.24) is 9.36 Å². The summed E-state index contributed by atoms with van der Waals surface area (Å²) in [5.74, 6) is 0.929. The fourth-order valence-electron chi connectivity index (χ4n) is 1.65. The summed E-state index contributed by atoms with van der Waals surface area (Å²) in [6, 6.07) is 0.459. The van der Waals surface area contributed by atoms with E-state index in [1.165, 1.54) is 11.5 Å². The van der Waals surface area contributed by atoms with E-state index in [0.717, 1.165) is 30.6 Å². The van der Waals surface area contributed by atoms with Gasteiger partial charge in [-0.15, -0.1) is 0 Å². The molecule has 16 heavy (non-hydrogen) atoms. The molecule has 0 aliphatic carbocycles. The maximum Gasteiger partial charge on any atom is 0.205 e.